The molecule has 0 radical (unpaired) electrons. The molecule has 142 valence electrons. The Morgan fingerprint density at radius 3 is 2.60 bits per heavy atom. The Morgan fingerprint density at radius 1 is 1.44 bits per heavy atom. The quantitative estimate of drug-likeness (QED) is 0.366. The highest BCUT2D eigenvalue weighted by Crippen LogP contribution is 2.27. The number of guanidine groups is 1. The molecule has 2 rings (SSSR count). The second kappa shape index (κ2) is 9.79. The first-order chi connectivity index (χ1) is 11.3. The summed E-state index contributed by atoms with van der Waals surface area (Å²) in [5.41, 5.74) is 6.63. The maximum atomic E-state index is 11.5. The molecular formula is C15H24ClIN4O3S. The molecule has 0 aromatic heterocycles. The molecule has 0 aliphatic carbocycles. The van der Waals surface area contributed by atoms with Crippen molar-refractivity contribution in [3.63, 3.8) is 0 Å². The van der Waals surface area contributed by atoms with Crippen LogP contribution in [0.25, 0.3) is 0 Å². The molecule has 1 heterocycles. The van der Waals surface area contributed by atoms with Crippen molar-refractivity contribution in [3.05, 3.63) is 23.2 Å². The lowest BCUT2D eigenvalue weighted by atomic mass is 9.98. The number of nitrogens with zero attached hydrogens (tertiary/aromatic N) is 2. The highest BCUT2D eigenvalue weighted by molar-refractivity contribution is 14.0. The zero-order valence-electron chi connectivity index (χ0n) is 14.2. The summed E-state index contributed by atoms with van der Waals surface area (Å²) in [5, 5.41) is 3.48. The summed E-state index contributed by atoms with van der Waals surface area (Å²) in [4.78, 5) is 4.34. The van der Waals surface area contributed by atoms with Crippen molar-refractivity contribution in [2.45, 2.75) is 12.8 Å². The molecular weight excluding hydrogens is 479 g/mol. The minimum absolute atomic E-state index is 0. The molecule has 10 heteroatoms. The Bertz CT molecular complexity index is 707. The third-order valence-corrected chi connectivity index (χ3v) is 5.59. The van der Waals surface area contributed by atoms with Gasteiger partial charge in [0, 0.05) is 25.3 Å². The Kier molecular flexibility index (Phi) is 8.72. The first kappa shape index (κ1) is 22.3. The van der Waals surface area contributed by atoms with E-state index in [1.807, 2.05) is 0 Å². The van der Waals surface area contributed by atoms with E-state index >= 15 is 0 Å². The van der Waals surface area contributed by atoms with Crippen molar-refractivity contribution in [1.29, 1.82) is 0 Å². The van der Waals surface area contributed by atoms with Crippen molar-refractivity contribution < 1.29 is 13.2 Å². The van der Waals surface area contributed by atoms with Gasteiger partial charge in [0.2, 0.25) is 10.0 Å². The fourth-order valence-electron chi connectivity index (χ4n) is 2.58. The van der Waals surface area contributed by atoms with Gasteiger partial charge < -0.3 is 15.8 Å². The zero-order valence-corrected chi connectivity index (χ0v) is 18.1. The van der Waals surface area contributed by atoms with Crippen LogP contribution in [0.2, 0.25) is 5.02 Å². The summed E-state index contributed by atoms with van der Waals surface area (Å²) in [6, 6.07) is 5.27. The minimum atomic E-state index is -3.09. The van der Waals surface area contributed by atoms with E-state index in [0.29, 0.717) is 42.3 Å². The number of anilines is 1. The summed E-state index contributed by atoms with van der Waals surface area (Å²) in [6.45, 7) is 1.65. The average Bonchev–Trinajstić information content (AvgIpc) is 2.53. The molecule has 1 saturated heterocycles. The number of methoxy groups -OCH3 is 1. The van der Waals surface area contributed by atoms with Gasteiger partial charge in [0.05, 0.1) is 18.4 Å². The van der Waals surface area contributed by atoms with Crippen LogP contribution in [0.15, 0.2) is 23.2 Å². The maximum Gasteiger partial charge on any atom is 0.211 e. The van der Waals surface area contributed by atoms with E-state index in [2.05, 4.69) is 10.3 Å². The Morgan fingerprint density at radius 2 is 2.08 bits per heavy atom. The van der Waals surface area contributed by atoms with Gasteiger partial charge in [-0.15, -0.1) is 24.0 Å². The molecule has 3 N–H and O–H groups in total. The lowest BCUT2D eigenvalue weighted by molar-refractivity contribution is 0.280. The second-order valence-corrected chi connectivity index (χ2v) is 8.20. The summed E-state index contributed by atoms with van der Waals surface area (Å²) < 4.78 is 29.6. The number of hydrogen-bond donors (Lipinski definition) is 2. The summed E-state index contributed by atoms with van der Waals surface area (Å²) in [5.74, 6) is 1.24. The fourth-order valence-corrected chi connectivity index (χ4v) is 3.71. The summed E-state index contributed by atoms with van der Waals surface area (Å²) in [6.07, 6.45) is 2.82. The van der Waals surface area contributed by atoms with E-state index < -0.39 is 10.0 Å². The topological polar surface area (TPSA) is 97.0 Å². The third kappa shape index (κ3) is 6.80. The van der Waals surface area contributed by atoms with E-state index in [4.69, 9.17) is 22.1 Å². The predicted octanol–water partition coefficient (Wildman–Crippen LogP) is 2.36. The van der Waals surface area contributed by atoms with Gasteiger partial charge in [0.1, 0.15) is 5.75 Å². The molecule has 1 aliphatic heterocycles. The van der Waals surface area contributed by atoms with Crippen molar-refractivity contribution in [3.8, 4) is 5.75 Å². The number of ether oxygens (including phenoxy) is 1. The first-order valence-electron chi connectivity index (χ1n) is 7.65. The highest BCUT2D eigenvalue weighted by Gasteiger charge is 2.24. The van der Waals surface area contributed by atoms with Crippen molar-refractivity contribution in [2.24, 2.45) is 16.6 Å². The molecule has 0 unspecified atom stereocenters. The van der Waals surface area contributed by atoms with Gasteiger partial charge in [0.25, 0.3) is 0 Å². The van der Waals surface area contributed by atoms with E-state index in [0.717, 1.165) is 18.5 Å². The van der Waals surface area contributed by atoms with Crippen LogP contribution in [0, 0.1) is 5.92 Å². The smallest absolute Gasteiger partial charge is 0.211 e. The van der Waals surface area contributed by atoms with Gasteiger partial charge in [0.15, 0.2) is 5.96 Å². The molecule has 7 nitrogen and oxygen atoms in total. The Balaban J connectivity index is 0.00000312. The molecule has 1 aliphatic rings. The largest absolute Gasteiger partial charge is 0.495 e. The first-order valence-corrected chi connectivity index (χ1v) is 9.88. The van der Waals surface area contributed by atoms with Crippen molar-refractivity contribution in [2.75, 3.05) is 38.3 Å². The molecule has 0 amide bonds. The Hall–Kier alpha value is -0.780. The SMILES string of the molecule is COc1ccc(NC(N)=NCC2CCN(S(C)(=O)=O)CC2)cc1Cl.I. The number of nitrogens with two attached hydrogens (primary N) is 1. The average molecular weight is 503 g/mol. The normalized spacial score (nSPS) is 17.0. The van der Waals surface area contributed by atoms with E-state index in [1.54, 1.807) is 25.3 Å². The number of rotatable bonds is 5. The van der Waals surface area contributed by atoms with E-state index in [9.17, 15) is 8.42 Å². The third-order valence-electron chi connectivity index (χ3n) is 3.99. The van der Waals surface area contributed by atoms with Crippen molar-refractivity contribution in [1.82, 2.24) is 4.31 Å². The molecule has 1 aromatic carbocycles. The van der Waals surface area contributed by atoms with E-state index in [-0.39, 0.29) is 24.0 Å². The van der Waals surface area contributed by atoms with Gasteiger partial charge in [-0.2, -0.15) is 0 Å². The fraction of sp³-hybridized carbons (Fsp3) is 0.533. The van der Waals surface area contributed by atoms with Crippen molar-refractivity contribution >= 4 is 57.2 Å². The Labute approximate surface area is 171 Å². The van der Waals surface area contributed by atoms with Gasteiger partial charge >= 0.3 is 0 Å². The van der Waals surface area contributed by atoms with Gasteiger partial charge in [-0.1, -0.05) is 11.6 Å². The number of piperidine rings is 1. The van der Waals surface area contributed by atoms with Crippen LogP contribution >= 0.6 is 35.6 Å². The maximum absolute atomic E-state index is 11.5. The van der Waals surface area contributed by atoms with Gasteiger partial charge in [-0.05, 0) is 37.0 Å². The van der Waals surface area contributed by atoms with Crippen LogP contribution in [0.3, 0.4) is 0 Å². The number of nitrogens with one attached hydrogen (secondary N) is 1. The number of aliphatic imine (C=N–C) groups is 1. The number of benzene rings is 1. The van der Waals surface area contributed by atoms with Crippen LogP contribution < -0.4 is 15.8 Å². The van der Waals surface area contributed by atoms with Crippen LogP contribution in [-0.4, -0.2) is 51.7 Å². The number of sulfonamides is 1. The standard InChI is InChI=1S/C15H23ClN4O3S.HI/c1-23-14-4-3-12(9-13(14)16)19-15(17)18-10-11-5-7-20(8-6-11)24(2,21)22;/h3-4,9,11H,5-8,10H2,1-2H3,(H3,17,18,19);1H. The monoisotopic (exact) mass is 502 g/mol. The molecule has 0 bridgehead atoms. The highest BCUT2D eigenvalue weighted by atomic mass is 127. The summed E-state index contributed by atoms with van der Waals surface area (Å²) >= 11 is 6.06. The lowest BCUT2D eigenvalue weighted by Gasteiger charge is -2.29. The second-order valence-electron chi connectivity index (χ2n) is 5.81. The molecule has 25 heavy (non-hydrogen) atoms. The molecule has 0 saturated carbocycles. The molecule has 1 aromatic rings. The molecule has 0 atom stereocenters. The molecule has 0 spiro atoms. The van der Waals surface area contributed by atoms with Crippen LogP contribution in [0.1, 0.15) is 12.8 Å². The van der Waals surface area contributed by atoms with Crippen LogP contribution in [0.4, 0.5) is 5.69 Å². The number of halogens is 2. The van der Waals surface area contributed by atoms with Crippen LogP contribution in [0.5, 0.6) is 5.75 Å². The lowest BCUT2D eigenvalue weighted by Crippen LogP contribution is -2.38. The predicted molar refractivity (Wildman–Crippen MR) is 113 cm³/mol. The zero-order chi connectivity index (χ0) is 17.7. The summed E-state index contributed by atoms with van der Waals surface area (Å²) in [7, 11) is -1.54. The van der Waals surface area contributed by atoms with Gasteiger partial charge in [-0.25, -0.2) is 12.7 Å². The minimum Gasteiger partial charge on any atom is -0.495 e. The van der Waals surface area contributed by atoms with Gasteiger partial charge in [-0.3, -0.25) is 4.99 Å². The number of hydrogen-bond acceptors (Lipinski definition) is 4. The van der Waals surface area contributed by atoms with E-state index in [1.165, 1.54) is 10.6 Å². The molecule has 1 fully saturated rings. The van der Waals surface area contributed by atoms with Crippen LogP contribution in [-0.2, 0) is 10.0 Å².